The van der Waals surface area contributed by atoms with Crippen molar-refractivity contribution in [3.63, 3.8) is 0 Å². The van der Waals surface area contributed by atoms with Gasteiger partial charge in [0.15, 0.2) is 6.61 Å². The summed E-state index contributed by atoms with van der Waals surface area (Å²) in [6.45, 7) is 4.53. The fourth-order valence-corrected chi connectivity index (χ4v) is 3.30. The van der Waals surface area contributed by atoms with Crippen molar-refractivity contribution in [2.24, 2.45) is 0 Å². The molecule has 2 aromatic carbocycles. The van der Waals surface area contributed by atoms with Gasteiger partial charge in [-0.15, -0.1) is 0 Å². The van der Waals surface area contributed by atoms with Crippen LogP contribution in [0.1, 0.15) is 35.3 Å². The topological polar surface area (TPSA) is 60.5 Å². The first-order valence-electron chi connectivity index (χ1n) is 10.5. The Balaban J connectivity index is 1.84. The first kappa shape index (κ1) is 24.1. The second-order valence-corrected chi connectivity index (χ2v) is 7.40. The molecule has 0 unspecified atom stereocenters. The number of carbonyl (C=O) groups is 1. The van der Waals surface area contributed by atoms with Gasteiger partial charge in [0.1, 0.15) is 5.75 Å². The molecule has 0 aliphatic carbocycles. The van der Waals surface area contributed by atoms with Crippen LogP contribution in [-0.4, -0.2) is 30.3 Å². The van der Waals surface area contributed by atoms with Crippen LogP contribution in [0.4, 0.5) is 24.5 Å². The highest BCUT2D eigenvalue weighted by Crippen LogP contribution is 2.29. The molecule has 0 aliphatic heterocycles. The molecule has 3 rings (SSSR count). The number of alkyl halides is 3. The molecule has 0 atom stereocenters. The molecule has 0 saturated carbocycles. The molecule has 5 nitrogen and oxygen atoms in total. The van der Waals surface area contributed by atoms with Crippen LogP contribution in [0, 0.1) is 6.92 Å². The number of anilines is 2. The third-order valence-corrected chi connectivity index (χ3v) is 4.85. The van der Waals surface area contributed by atoms with Gasteiger partial charge in [-0.2, -0.15) is 13.2 Å². The van der Waals surface area contributed by atoms with E-state index in [1.807, 2.05) is 32.0 Å². The van der Waals surface area contributed by atoms with Crippen LogP contribution in [0.15, 0.2) is 54.7 Å². The highest BCUT2D eigenvalue weighted by Gasteiger charge is 2.28. The van der Waals surface area contributed by atoms with Crippen molar-refractivity contribution in [3.05, 3.63) is 71.4 Å². The summed E-state index contributed by atoms with van der Waals surface area (Å²) >= 11 is 0. The Kier molecular flexibility index (Phi) is 7.58. The highest BCUT2D eigenvalue weighted by atomic mass is 19.4. The lowest BCUT2D eigenvalue weighted by molar-refractivity contribution is -0.153. The number of hydrogen-bond acceptors (Lipinski definition) is 5. The Labute approximate surface area is 190 Å². The molecule has 0 aliphatic rings. The number of rotatable bonds is 8. The van der Waals surface area contributed by atoms with Gasteiger partial charge in [0.2, 0.25) is 0 Å². The number of aryl methyl sites for hydroxylation is 2. The van der Waals surface area contributed by atoms with Crippen molar-refractivity contribution < 1.29 is 27.4 Å². The fraction of sp³-hybridized carbons (Fsp3) is 0.280. The van der Waals surface area contributed by atoms with Gasteiger partial charge in [-0.3, -0.25) is 4.98 Å². The van der Waals surface area contributed by atoms with Crippen LogP contribution in [-0.2, 0) is 11.2 Å². The Morgan fingerprint density at radius 3 is 2.55 bits per heavy atom. The van der Waals surface area contributed by atoms with Crippen molar-refractivity contribution in [3.8, 4) is 17.0 Å². The van der Waals surface area contributed by atoms with Gasteiger partial charge < -0.3 is 14.8 Å². The molecule has 0 amide bonds. The summed E-state index contributed by atoms with van der Waals surface area (Å²) < 4.78 is 47.4. The Hall–Kier alpha value is -3.55. The largest absolute Gasteiger partial charge is 0.484 e. The molecule has 174 valence electrons. The normalized spacial score (nSPS) is 11.2. The zero-order valence-electron chi connectivity index (χ0n) is 18.6. The maximum absolute atomic E-state index is 12.4. The predicted molar refractivity (Wildman–Crippen MR) is 121 cm³/mol. The molecule has 33 heavy (non-hydrogen) atoms. The standard InChI is InChI=1S/C25H25F3N2O3/c1-4-17-9-10-22(21(12-17)24(31)32-5-2)30-19-11-16(3)23(29-14-19)18-7-6-8-20(13-18)33-15-25(26,27)28/h6-14,30H,4-5,15H2,1-3H3. The zero-order chi connectivity index (χ0) is 24.0. The minimum absolute atomic E-state index is 0.114. The number of ether oxygens (including phenoxy) is 2. The van der Waals surface area contributed by atoms with Gasteiger partial charge in [0.05, 0.1) is 35.4 Å². The molecule has 3 aromatic rings. The number of benzene rings is 2. The number of esters is 1. The summed E-state index contributed by atoms with van der Waals surface area (Å²) in [5.74, 6) is -0.296. The zero-order valence-corrected chi connectivity index (χ0v) is 18.6. The second-order valence-electron chi connectivity index (χ2n) is 7.40. The monoisotopic (exact) mass is 458 g/mol. The molecule has 8 heteroatoms. The van der Waals surface area contributed by atoms with Crippen molar-refractivity contribution in [2.75, 3.05) is 18.5 Å². The van der Waals surface area contributed by atoms with E-state index in [-0.39, 0.29) is 12.4 Å². The maximum atomic E-state index is 12.4. The molecule has 1 aromatic heterocycles. The molecular weight excluding hydrogens is 433 g/mol. The third kappa shape index (κ3) is 6.47. The number of nitrogens with zero attached hydrogens (tertiary/aromatic N) is 1. The van der Waals surface area contributed by atoms with E-state index >= 15 is 0 Å². The fourth-order valence-electron chi connectivity index (χ4n) is 3.30. The van der Waals surface area contributed by atoms with Gasteiger partial charge >= 0.3 is 12.1 Å². The van der Waals surface area contributed by atoms with E-state index in [2.05, 4.69) is 10.3 Å². The average molecular weight is 458 g/mol. The summed E-state index contributed by atoms with van der Waals surface area (Å²) in [6.07, 6.45) is -2.02. The van der Waals surface area contributed by atoms with Crippen molar-refractivity contribution in [1.82, 2.24) is 4.98 Å². The number of carbonyl (C=O) groups excluding carboxylic acids is 1. The van der Waals surface area contributed by atoms with E-state index in [0.717, 1.165) is 17.5 Å². The van der Waals surface area contributed by atoms with E-state index in [4.69, 9.17) is 9.47 Å². The number of halogens is 3. The summed E-state index contributed by atoms with van der Waals surface area (Å²) in [7, 11) is 0. The number of pyridine rings is 1. The first-order chi connectivity index (χ1) is 15.7. The van der Waals surface area contributed by atoms with Crippen LogP contribution in [0.2, 0.25) is 0 Å². The average Bonchev–Trinajstić information content (AvgIpc) is 2.78. The lowest BCUT2D eigenvalue weighted by atomic mass is 10.0. The van der Waals surface area contributed by atoms with Crippen molar-refractivity contribution in [2.45, 2.75) is 33.4 Å². The van der Waals surface area contributed by atoms with Gasteiger partial charge in [-0.1, -0.05) is 25.1 Å². The van der Waals surface area contributed by atoms with Gasteiger partial charge in [-0.05, 0) is 61.7 Å². The summed E-state index contributed by atoms with van der Waals surface area (Å²) in [6, 6.07) is 13.8. The van der Waals surface area contributed by atoms with Crippen LogP contribution < -0.4 is 10.1 Å². The molecular formula is C25H25F3N2O3. The SMILES string of the molecule is CCOC(=O)c1cc(CC)ccc1Nc1cnc(-c2cccc(OCC(F)(F)F)c2)c(C)c1. The lowest BCUT2D eigenvalue weighted by Crippen LogP contribution is -2.19. The number of nitrogens with one attached hydrogen (secondary N) is 1. The van der Waals surface area contributed by atoms with Gasteiger partial charge in [-0.25, -0.2) is 4.79 Å². The second kappa shape index (κ2) is 10.4. The highest BCUT2D eigenvalue weighted by molar-refractivity contribution is 5.96. The molecule has 0 radical (unpaired) electrons. The van der Waals surface area contributed by atoms with Crippen LogP contribution in [0.5, 0.6) is 5.75 Å². The van der Waals surface area contributed by atoms with Gasteiger partial charge in [0.25, 0.3) is 0 Å². The maximum Gasteiger partial charge on any atom is 0.422 e. The summed E-state index contributed by atoms with van der Waals surface area (Å²) in [4.78, 5) is 16.9. The summed E-state index contributed by atoms with van der Waals surface area (Å²) in [5.41, 5.74) is 4.77. The van der Waals surface area contributed by atoms with Crippen molar-refractivity contribution >= 4 is 17.3 Å². The Morgan fingerprint density at radius 2 is 1.88 bits per heavy atom. The predicted octanol–water partition coefficient (Wildman–Crippen LogP) is 6.48. The molecule has 0 spiro atoms. The van der Waals surface area contributed by atoms with E-state index < -0.39 is 18.8 Å². The molecule has 1 heterocycles. The van der Waals surface area contributed by atoms with Gasteiger partial charge in [0, 0.05) is 5.56 Å². The quantitative estimate of drug-likeness (QED) is 0.392. The minimum Gasteiger partial charge on any atom is -0.484 e. The Bertz CT molecular complexity index is 1130. The Morgan fingerprint density at radius 1 is 1.09 bits per heavy atom. The third-order valence-electron chi connectivity index (χ3n) is 4.85. The van der Waals surface area contributed by atoms with Crippen LogP contribution in [0.3, 0.4) is 0 Å². The first-order valence-corrected chi connectivity index (χ1v) is 10.5. The van der Waals surface area contributed by atoms with E-state index in [0.29, 0.717) is 28.2 Å². The minimum atomic E-state index is -4.41. The van der Waals surface area contributed by atoms with E-state index in [1.54, 1.807) is 31.3 Å². The van der Waals surface area contributed by atoms with E-state index in [9.17, 15) is 18.0 Å². The lowest BCUT2D eigenvalue weighted by Gasteiger charge is -2.14. The molecule has 0 bridgehead atoms. The smallest absolute Gasteiger partial charge is 0.422 e. The van der Waals surface area contributed by atoms with Crippen molar-refractivity contribution in [1.29, 1.82) is 0 Å². The molecule has 0 fully saturated rings. The summed E-state index contributed by atoms with van der Waals surface area (Å²) in [5, 5.41) is 3.22. The molecule has 1 N–H and O–H groups in total. The molecule has 0 saturated heterocycles. The number of hydrogen-bond donors (Lipinski definition) is 1. The van der Waals surface area contributed by atoms with E-state index in [1.165, 1.54) is 12.1 Å². The van der Waals surface area contributed by atoms with Crippen LogP contribution >= 0.6 is 0 Å². The van der Waals surface area contributed by atoms with Crippen LogP contribution in [0.25, 0.3) is 11.3 Å². The number of aromatic nitrogens is 1.